The maximum Gasteiger partial charge on any atom is 0.122 e. The lowest BCUT2D eigenvalue weighted by atomic mass is 9.89. The summed E-state index contributed by atoms with van der Waals surface area (Å²) in [6, 6.07) is 0. The predicted octanol–water partition coefficient (Wildman–Crippen LogP) is 1.36. The van der Waals surface area contributed by atoms with Gasteiger partial charge in [-0.25, -0.2) is 0 Å². The summed E-state index contributed by atoms with van der Waals surface area (Å²) in [7, 11) is 2.09. The summed E-state index contributed by atoms with van der Waals surface area (Å²) >= 11 is 0. The van der Waals surface area contributed by atoms with Crippen molar-refractivity contribution in [3.8, 4) is 0 Å². The van der Waals surface area contributed by atoms with Crippen molar-refractivity contribution < 1.29 is 9.84 Å². The first-order valence-corrected chi connectivity index (χ1v) is 5.62. The van der Waals surface area contributed by atoms with Gasteiger partial charge >= 0.3 is 0 Å². The molecule has 2 fully saturated rings. The second-order valence-corrected chi connectivity index (χ2v) is 5.01. The summed E-state index contributed by atoms with van der Waals surface area (Å²) < 4.78 is 5.97. The van der Waals surface area contributed by atoms with Crippen molar-refractivity contribution >= 4 is 0 Å². The van der Waals surface area contributed by atoms with Crippen LogP contribution in [0.25, 0.3) is 0 Å². The summed E-state index contributed by atoms with van der Waals surface area (Å²) in [6.07, 6.45) is 6.09. The minimum absolute atomic E-state index is 0.0598. The van der Waals surface area contributed by atoms with Gasteiger partial charge in [0.15, 0.2) is 0 Å². The Bertz CT molecular complexity index is 213. The van der Waals surface area contributed by atoms with Crippen LogP contribution < -0.4 is 0 Å². The van der Waals surface area contributed by atoms with Gasteiger partial charge in [0.1, 0.15) is 5.72 Å². The van der Waals surface area contributed by atoms with Crippen molar-refractivity contribution in [2.45, 2.75) is 50.3 Å². The van der Waals surface area contributed by atoms with Crippen LogP contribution in [0.5, 0.6) is 0 Å². The third-order valence-corrected chi connectivity index (χ3v) is 4.05. The SMILES string of the molecule is CN1C(C)(CO)COC12CCCCC2. The van der Waals surface area contributed by atoms with E-state index in [-0.39, 0.29) is 17.9 Å². The smallest absolute Gasteiger partial charge is 0.122 e. The molecule has 1 unspecified atom stereocenters. The lowest BCUT2D eigenvalue weighted by molar-refractivity contribution is -0.106. The quantitative estimate of drug-likeness (QED) is 0.692. The van der Waals surface area contributed by atoms with Crippen LogP contribution in [0.15, 0.2) is 0 Å². The fraction of sp³-hybridized carbons (Fsp3) is 1.00. The topological polar surface area (TPSA) is 32.7 Å². The summed E-state index contributed by atoms with van der Waals surface area (Å²) in [5.41, 5.74) is -0.229. The van der Waals surface area contributed by atoms with Gasteiger partial charge in [0, 0.05) is 0 Å². The highest BCUT2D eigenvalue weighted by Gasteiger charge is 2.51. The molecule has 1 spiro atoms. The molecule has 0 bridgehead atoms. The van der Waals surface area contributed by atoms with Crippen LogP contribution in [0.3, 0.4) is 0 Å². The van der Waals surface area contributed by atoms with Crippen LogP contribution in [0.4, 0.5) is 0 Å². The van der Waals surface area contributed by atoms with Gasteiger partial charge in [-0.2, -0.15) is 0 Å². The molecule has 3 nitrogen and oxygen atoms in total. The van der Waals surface area contributed by atoms with Gasteiger partial charge in [0.05, 0.1) is 18.8 Å². The Morgan fingerprint density at radius 2 is 1.93 bits per heavy atom. The van der Waals surface area contributed by atoms with Crippen molar-refractivity contribution in [3.05, 3.63) is 0 Å². The largest absolute Gasteiger partial charge is 0.394 e. The molecule has 1 atom stereocenters. The Morgan fingerprint density at radius 1 is 1.29 bits per heavy atom. The highest BCUT2D eigenvalue weighted by molar-refractivity contribution is 4.99. The van der Waals surface area contributed by atoms with Gasteiger partial charge in [0.25, 0.3) is 0 Å². The monoisotopic (exact) mass is 199 g/mol. The van der Waals surface area contributed by atoms with Gasteiger partial charge in [-0.15, -0.1) is 0 Å². The first-order valence-electron chi connectivity index (χ1n) is 5.62. The van der Waals surface area contributed by atoms with Gasteiger partial charge < -0.3 is 9.84 Å². The van der Waals surface area contributed by atoms with Crippen molar-refractivity contribution in [2.75, 3.05) is 20.3 Å². The van der Waals surface area contributed by atoms with E-state index in [0.29, 0.717) is 6.61 Å². The summed E-state index contributed by atoms with van der Waals surface area (Å²) in [5, 5.41) is 9.39. The van der Waals surface area contributed by atoms with Crippen LogP contribution in [0.1, 0.15) is 39.0 Å². The molecule has 82 valence electrons. The standard InChI is InChI=1S/C11H21NO2/c1-10(8-13)9-14-11(12(10)2)6-4-3-5-7-11/h13H,3-9H2,1-2H3. The van der Waals surface area contributed by atoms with Gasteiger partial charge in [-0.1, -0.05) is 6.42 Å². The minimum atomic E-state index is -0.169. The molecule has 3 heteroatoms. The second-order valence-electron chi connectivity index (χ2n) is 5.01. The molecule has 1 saturated heterocycles. The average Bonchev–Trinajstić information content (AvgIpc) is 2.47. The van der Waals surface area contributed by atoms with E-state index in [1.165, 1.54) is 19.3 Å². The van der Waals surface area contributed by atoms with Gasteiger partial charge in [-0.3, -0.25) is 4.90 Å². The molecule has 0 aromatic rings. The maximum absolute atomic E-state index is 9.39. The number of aliphatic hydroxyl groups is 1. The molecule has 2 rings (SSSR count). The van der Waals surface area contributed by atoms with E-state index in [1.54, 1.807) is 0 Å². The zero-order valence-electron chi connectivity index (χ0n) is 9.25. The van der Waals surface area contributed by atoms with Crippen LogP contribution in [0, 0.1) is 0 Å². The van der Waals surface area contributed by atoms with E-state index in [2.05, 4.69) is 18.9 Å². The lowest BCUT2D eigenvalue weighted by Crippen LogP contribution is -2.53. The number of nitrogens with zero attached hydrogens (tertiary/aromatic N) is 1. The zero-order chi connectivity index (χ0) is 10.2. The number of ether oxygens (including phenoxy) is 1. The van der Waals surface area contributed by atoms with E-state index < -0.39 is 0 Å². The van der Waals surface area contributed by atoms with Crippen LogP contribution >= 0.6 is 0 Å². The van der Waals surface area contributed by atoms with Gasteiger partial charge in [0.2, 0.25) is 0 Å². The third-order valence-electron chi connectivity index (χ3n) is 4.05. The molecule has 1 heterocycles. The second kappa shape index (κ2) is 3.47. The fourth-order valence-electron chi connectivity index (χ4n) is 2.71. The number of rotatable bonds is 1. The zero-order valence-corrected chi connectivity index (χ0v) is 9.25. The molecule has 14 heavy (non-hydrogen) atoms. The molecule has 1 saturated carbocycles. The molecule has 0 radical (unpaired) electrons. The minimum Gasteiger partial charge on any atom is -0.394 e. The lowest BCUT2D eigenvalue weighted by Gasteiger charge is -2.42. The Balaban J connectivity index is 2.15. The molecule has 1 aliphatic carbocycles. The van der Waals surface area contributed by atoms with Crippen molar-refractivity contribution in [2.24, 2.45) is 0 Å². The summed E-state index contributed by atoms with van der Waals surface area (Å²) in [4.78, 5) is 2.26. The molecule has 0 aromatic carbocycles. The molecule has 1 aliphatic heterocycles. The molecule has 0 amide bonds. The van der Waals surface area contributed by atoms with Crippen molar-refractivity contribution in [1.82, 2.24) is 4.90 Å². The molecule has 0 aromatic heterocycles. The molecule has 2 aliphatic rings. The average molecular weight is 199 g/mol. The number of likely N-dealkylation sites (N-methyl/N-ethyl adjacent to an activating group) is 1. The van der Waals surface area contributed by atoms with Crippen LogP contribution in [-0.4, -0.2) is 41.5 Å². The first-order chi connectivity index (χ1) is 6.63. The Morgan fingerprint density at radius 3 is 2.43 bits per heavy atom. The van der Waals surface area contributed by atoms with Crippen molar-refractivity contribution in [3.63, 3.8) is 0 Å². The first kappa shape index (κ1) is 10.4. The Hall–Kier alpha value is -0.120. The fourth-order valence-corrected chi connectivity index (χ4v) is 2.71. The normalized spacial score (nSPS) is 37.9. The molecule has 1 N–H and O–H groups in total. The van der Waals surface area contributed by atoms with E-state index in [9.17, 15) is 5.11 Å². The predicted molar refractivity (Wildman–Crippen MR) is 55.0 cm³/mol. The van der Waals surface area contributed by atoms with E-state index in [0.717, 1.165) is 12.8 Å². The highest BCUT2D eigenvalue weighted by Crippen LogP contribution is 2.42. The Kier molecular flexibility index (Phi) is 2.58. The molecular formula is C11H21NO2. The summed E-state index contributed by atoms with van der Waals surface area (Å²) in [6.45, 7) is 2.93. The van der Waals surface area contributed by atoms with E-state index in [1.807, 2.05) is 0 Å². The van der Waals surface area contributed by atoms with Gasteiger partial charge in [-0.05, 0) is 39.7 Å². The number of hydrogen-bond acceptors (Lipinski definition) is 3. The van der Waals surface area contributed by atoms with Crippen LogP contribution in [0.2, 0.25) is 0 Å². The highest BCUT2D eigenvalue weighted by atomic mass is 16.5. The number of hydrogen-bond donors (Lipinski definition) is 1. The third kappa shape index (κ3) is 1.38. The number of aliphatic hydroxyl groups excluding tert-OH is 1. The van der Waals surface area contributed by atoms with Crippen molar-refractivity contribution in [1.29, 1.82) is 0 Å². The molecular weight excluding hydrogens is 178 g/mol. The van der Waals surface area contributed by atoms with Crippen LogP contribution in [-0.2, 0) is 4.74 Å². The van der Waals surface area contributed by atoms with E-state index >= 15 is 0 Å². The summed E-state index contributed by atoms with van der Waals surface area (Å²) in [5.74, 6) is 0. The van der Waals surface area contributed by atoms with E-state index in [4.69, 9.17) is 4.74 Å². The Labute approximate surface area is 86.0 Å². The maximum atomic E-state index is 9.39.